The van der Waals surface area contributed by atoms with Gasteiger partial charge in [0.25, 0.3) is 10.0 Å². The molecule has 242 valence electrons. The minimum atomic E-state index is -4.22. The highest BCUT2D eigenvalue weighted by molar-refractivity contribution is 7.92. The second-order valence-electron chi connectivity index (χ2n) is 11.5. The average Bonchev–Trinajstić information content (AvgIpc) is 3.05. The van der Waals surface area contributed by atoms with Gasteiger partial charge in [-0.15, -0.1) is 0 Å². The van der Waals surface area contributed by atoms with Crippen molar-refractivity contribution in [2.45, 2.75) is 44.7 Å². The van der Waals surface area contributed by atoms with Gasteiger partial charge in [-0.1, -0.05) is 91.7 Å². The van der Waals surface area contributed by atoms with Crippen LogP contribution in [0.5, 0.6) is 5.75 Å². The van der Waals surface area contributed by atoms with Crippen molar-refractivity contribution in [3.8, 4) is 5.75 Å². The summed E-state index contributed by atoms with van der Waals surface area (Å²) in [5, 5.41) is 3.52. The second kappa shape index (κ2) is 15.8. The van der Waals surface area contributed by atoms with Crippen LogP contribution in [0.15, 0.2) is 108 Å². The normalized spacial score (nSPS) is 12.0. The third-order valence-electron chi connectivity index (χ3n) is 7.45. The molecule has 0 heterocycles. The Morgan fingerprint density at radius 1 is 0.870 bits per heavy atom. The van der Waals surface area contributed by atoms with Crippen molar-refractivity contribution in [2.75, 3.05) is 24.5 Å². The number of aryl methyl sites for hydroxylation is 1. The van der Waals surface area contributed by atoms with Crippen LogP contribution in [-0.2, 0) is 32.6 Å². The van der Waals surface area contributed by atoms with Crippen LogP contribution in [-0.4, -0.2) is 51.4 Å². The fraction of sp³-hybridized carbons (Fsp3) is 0.278. The predicted octanol–water partition coefficient (Wildman–Crippen LogP) is 6.26. The average molecular weight is 662 g/mol. The highest BCUT2D eigenvalue weighted by atomic mass is 35.5. The van der Waals surface area contributed by atoms with Gasteiger partial charge in [0.05, 0.1) is 17.7 Å². The van der Waals surface area contributed by atoms with Gasteiger partial charge >= 0.3 is 0 Å². The van der Waals surface area contributed by atoms with Crippen LogP contribution < -0.4 is 14.4 Å². The Morgan fingerprint density at radius 3 is 2.17 bits per heavy atom. The predicted molar refractivity (Wildman–Crippen MR) is 182 cm³/mol. The highest BCUT2D eigenvalue weighted by Gasteiger charge is 2.34. The molecular formula is C36H40ClN3O5S. The third-order valence-corrected chi connectivity index (χ3v) is 9.49. The summed E-state index contributed by atoms with van der Waals surface area (Å²) in [7, 11) is -2.73. The zero-order valence-electron chi connectivity index (χ0n) is 26.5. The Kier molecular flexibility index (Phi) is 11.8. The van der Waals surface area contributed by atoms with Crippen LogP contribution in [0.4, 0.5) is 5.69 Å². The Morgan fingerprint density at radius 2 is 1.54 bits per heavy atom. The van der Waals surface area contributed by atoms with Gasteiger partial charge in [-0.2, -0.15) is 0 Å². The summed E-state index contributed by atoms with van der Waals surface area (Å²) in [5.74, 6) is -0.254. The van der Waals surface area contributed by atoms with E-state index in [9.17, 15) is 18.0 Å². The number of halogens is 1. The van der Waals surface area contributed by atoms with Crippen LogP contribution in [0.3, 0.4) is 0 Å². The lowest BCUT2D eigenvalue weighted by atomic mass is 10.0. The van der Waals surface area contributed by atoms with E-state index in [0.29, 0.717) is 17.3 Å². The summed E-state index contributed by atoms with van der Waals surface area (Å²) in [6.07, 6.45) is 0.230. The molecule has 4 aromatic carbocycles. The molecule has 0 aliphatic carbocycles. The lowest BCUT2D eigenvalue weighted by molar-refractivity contribution is -0.140. The van der Waals surface area contributed by atoms with Gasteiger partial charge < -0.3 is 15.0 Å². The molecule has 0 unspecified atom stereocenters. The Hall–Kier alpha value is -4.34. The van der Waals surface area contributed by atoms with Gasteiger partial charge in [-0.25, -0.2) is 8.42 Å². The largest absolute Gasteiger partial charge is 0.497 e. The van der Waals surface area contributed by atoms with Crippen molar-refractivity contribution >= 4 is 39.1 Å². The molecule has 0 saturated heterocycles. The summed E-state index contributed by atoms with van der Waals surface area (Å²) in [4.78, 5) is 29.9. The van der Waals surface area contributed by atoms with Crippen LogP contribution >= 0.6 is 11.6 Å². The monoisotopic (exact) mass is 661 g/mol. The molecule has 0 aliphatic heterocycles. The number of nitrogens with one attached hydrogen (secondary N) is 1. The maximum Gasteiger partial charge on any atom is 0.264 e. The third kappa shape index (κ3) is 9.11. The number of anilines is 1. The first kappa shape index (κ1) is 34.5. The van der Waals surface area contributed by atoms with Gasteiger partial charge in [0.15, 0.2) is 0 Å². The number of carbonyl (C=O) groups excluding carboxylic acids is 2. The summed E-state index contributed by atoms with van der Waals surface area (Å²) in [6, 6.07) is 28.5. The lowest BCUT2D eigenvalue weighted by Gasteiger charge is -2.34. The standard InChI is InChI=1S/C36H40ClN3O5S/c1-26(2)23-38-36(42)34(21-28-9-6-5-7-10-28)39(24-29-15-17-30(37)18-16-29)35(41)25-40(31-11-8-12-32(22-31)45-4)46(43,44)33-19-13-27(3)14-20-33/h5-20,22,26,34H,21,23-25H2,1-4H3,(H,38,42)/t34-/m0/s1. The Labute approximate surface area is 277 Å². The van der Waals surface area contributed by atoms with Crippen LogP contribution in [0.25, 0.3) is 0 Å². The first-order chi connectivity index (χ1) is 22.0. The fourth-order valence-corrected chi connectivity index (χ4v) is 6.43. The first-order valence-corrected chi connectivity index (χ1v) is 16.9. The van der Waals surface area contributed by atoms with Gasteiger partial charge in [0, 0.05) is 30.6 Å². The van der Waals surface area contributed by atoms with Gasteiger partial charge in [0.2, 0.25) is 11.8 Å². The molecule has 8 nitrogen and oxygen atoms in total. The van der Waals surface area contributed by atoms with Crippen LogP contribution in [0.1, 0.15) is 30.5 Å². The molecule has 0 saturated carbocycles. The minimum Gasteiger partial charge on any atom is -0.497 e. The number of carbonyl (C=O) groups is 2. The van der Waals surface area contributed by atoms with Gasteiger partial charge in [-0.3, -0.25) is 13.9 Å². The molecule has 2 amide bonds. The molecule has 0 fully saturated rings. The van der Waals surface area contributed by atoms with Crippen molar-refractivity contribution in [3.63, 3.8) is 0 Å². The smallest absolute Gasteiger partial charge is 0.264 e. The molecule has 0 aromatic heterocycles. The number of hydrogen-bond donors (Lipinski definition) is 1. The second-order valence-corrected chi connectivity index (χ2v) is 13.8. The van der Waals surface area contributed by atoms with Crippen LogP contribution in [0, 0.1) is 12.8 Å². The number of amides is 2. The molecule has 0 bridgehead atoms. The summed E-state index contributed by atoms with van der Waals surface area (Å²) in [5.41, 5.74) is 2.75. The molecule has 0 spiro atoms. The van der Waals surface area contributed by atoms with E-state index < -0.39 is 28.5 Å². The van der Waals surface area contributed by atoms with Crippen molar-refractivity contribution < 1.29 is 22.7 Å². The maximum absolute atomic E-state index is 14.5. The van der Waals surface area contributed by atoms with E-state index in [-0.39, 0.29) is 35.4 Å². The quantitative estimate of drug-likeness (QED) is 0.172. The number of hydrogen-bond acceptors (Lipinski definition) is 5. The zero-order valence-corrected chi connectivity index (χ0v) is 28.1. The van der Waals surface area contributed by atoms with Gasteiger partial charge in [0.1, 0.15) is 18.3 Å². The fourth-order valence-electron chi connectivity index (χ4n) is 4.89. The van der Waals surface area contributed by atoms with E-state index in [1.54, 1.807) is 60.7 Å². The number of nitrogens with zero attached hydrogens (tertiary/aromatic N) is 2. The number of rotatable bonds is 14. The zero-order chi connectivity index (χ0) is 33.3. The molecule has 0 radical (unpaired) electrons. The molecule has 4 rings (SSSR count). The molecule has 4 aromatic rings. The Bertz CT molecular complexity index is 1710. The van der Waals surface area contributed by atoms with Crippen molar-refractivity contribution in [3.05, 3.63) is 125 Å². The number of sulfonamides is 1. The van der Waals surface area contributed by atoms with E-state index in [1.165, 1.54) is 24.1 Å². The minimum absolute atomic E-state index is 0.0356. The SMILES string of the molecule is COc1cccc(N(CC(=O)N(Cc2ccc(Cl)cc2)[C@@H](Cc2ccccc2)C(=O)NCC(C)C)S(=O)(=O)c2ccc(C)cc2)c1. The topological polar surface area (TPSA) is 96.0 Å². The summed E-state index contributed by atoms with van der Waals surface area (Å²) >= 11 is 6.15. The number of methoxy groups -OCH3 is 1. The molecule has 1 N–H and O–H groups in total. The first-order valence-electron chi connectivity index (χ1n) is 15.1. The number of benzene rings is 4. The molecular weight excluding hydrogens is 622 g/mol. The lowest BCUT2D eigenvalue weighted by Crippen LogP contribution is -2.53. The van der Waals surface area contributed by atoms with E-state index in [0.717, 1.165) is 21.0 Å². The number of ether oxygens (including phenoxy) is 1. The van der Waals surface area contributed by atoms with E-state index in [2.05, 4.69) is 5.32 Å². The molecule has 10 heteroatoms. The van der Waals surface area contributed by atoms with Crippen molar-refractivity contribution in [1.29, 1.82) is 0 Å². The molecule has 1 atom stereocenters. The Balaban J connectivity index is 1.81. The van der Waals surface area contributed by atoms with Crippen molar-refractivity contribution in [2.24, 2.45) is 5.92 Å². The van der Waals surface area contributed by atoms with Crippen molar-refractivity contribution in [1.82, 2.24) is 10.2 Å². The summed E-state index contributed by atoms with van der Waals surface area (Å²) < 4.78 is 34.8. The molecule has 0 aliphatic rings. The summed E-state index contributed by atoms with van der Waals surface area (Å²) in [6.45, 7) is 5.77. The van der Waals surface area contributed by atoms with Gasteiger partial charge in [-0.05, 0) is 60.4 Å². The molecule has 46 heavy (non-hydrogen) atoms. The highest BCUT2D eigenvalue weighted by Crippen LogP contribution is 2.28. The van der Waals surface area contributed by atoms with E-state index >= 15 is 0 Å². The van der Waals surface area contributed by atoms with E-state index in [4.69, 9.17) is 16.3 Å². The van der Waals surface area contributed by atoms with Crippen LogP contribution in [0.2, 0.25) is 5.02 Å². The van der Waals surface area contributed by atoms with E-state index in [1.807, 2.05) is 51.1 Å². The maximum atomic E-state index is 14.5.